The maximum atomic E-state index is 12.8. The van der Waals surface area contributed by atoms with E-state index in [9.17, 15) is 14.4 Å². The molecule has 26 heavy (non-hydrogen) atoms. The molecule has 0 spiro atoms. The zero-order valence-corrected chi connectivity index (χ0v) is 14.5. The molecule has 2 fully saturated rings. The lowest BCUT2D eigenvalue weighted by Gasteiger charge is -2.17. The summed E-state index contributed by atoms with van der Waals surface area (Å²) >= 11 is 1.31. The van der Waals surface area contributed by atoms with Crippen molar-refractivity contribution in [2.45, 2.75) is 6.42 Å². The Hall–Kier alpha value is -2.73. The molecule has 0 unspecified atom stereocenters. The van der Waals surface area contributed by atoms with Gasteiger partial charge in [0.1, 0.15) is 10.6 Å². The molecule has 2 bridgehead atoms. The van der Waals surface area contributed by atoms with Gasteiger partial charge in [0.15, 0.2) is 0 Å². The third-order valence-electron chi connectivity index (χ3n) is 5.50. The van der Waals surface area contributed by atoms with E-state index in [1.807, 2.05) is 5.38 Å². The Labute approximate surface area is 153 Å². The minimum absolute atomic E-state index is 0.111. The molecule has 130 valence electrons. The molecule has 3 aliphatic rings. The van der Waals surface area contributed by atoms with Crippen molar-refractivity contribution in [3.05, 3.63) is 58.8 Å². The number of hydrogen-bond donors (Lipinski definition) is 0. The Morgan fingerprint density at radius 1 is 1.00 bits per heavy atom. The minimum Gasteiger partial charge on any atom is -0.422 e. The molecule has 1 aromatic heterocycles. The second-order valence-corrected chi connectivity index (χ2v) is 7.82. The van der Waals surface area contributed by atoms with Crippen LogP contribution in [-0.2, 0) is 9.59 Å². The molecular formula is C20H15NO4S. The highest BCUT2D eigenvalue weighted by Crippen LogP contribution is 2.53. The minimum atomic E-state index is -0.418. The standard InChI is InChI=1S/C20H15NO4S/c22-18-16-11-3-4-12(10-11)17(16)19(23)21(18)13-5-7-14(8-6-13)25-20(24)15-2-1-9-26-15/h1-9,11-12,16-17H,10H2/t11-,12+,16-,17-/m0/s1. The number of fused-ring (bicyclic) bond motifs is 5. The van der Waals surface area contributed by atoms with Crippen LogP contribution < -0.4 is 9.64 Å². The van der Waals surface area contributed by atoms with Crippen LogP contribution in [0.25, 0.3) is 0 Å². The van der Waals surface area contributed by atoms with Gasteiger partial charge >= 0.3 is 5.97 Å². The van der Waals surface area contributed by atoms with Crippen LogP contribution in [0.5, 0.6) is 5.75 Å². The number of ether oxygens (including phenoxy) is 1. The van der Waals surface area contributed by atoms with Gasteiger partial charge in [-0.25, -0.2) is 4.79 Å². The smallest absolute Gasteiger partial charge is 0.353 e. The summed E-state index contributed by atoms with van der Waals surface area (Å²) in [4.78, 5) is 39.4. The van der Waals surface area contributed by atoms with Crippen LogP contribution in [-0.4, -0.2) is 17.8 Å². The average molecular weight is 365 g/mol. The maximum absolute atomic E-state index is 12.8. The largest absolute Gasteiger partial charge is 0.422 e. The van der Waals surface area contributed by atoms with E-state index >= 15 is 0 Å². The number of rotatable bonds is 3. The van der Waals surface area contributed by atoms with Gasteiger partial charge in [-0.3, -0.25) is 14.5 Å². The van der Waals surface area contributed by atoms with Crippen molar-refractivity contribution in [1.29, 1.82) is 0 Å². The van der Waals surface area contributed by atoms with Gasteiger partial charge in [0.05, 0.1) is 17.5 Å². The normalized spacial score (nSPS) is 28.7. The Morgan fingerprint density at radius 3 is 2.23 bits per heavy atom. The fraction of sp³-hybridized carbons (Fsp3) is 0.250. The lowest BCUT2D eigenvalue weighted by molar-refractivity contribution is -0.123. The van der Waals surface area contributed by atoms with Crippen molar-refractivity contribution in [1.82, 2.24) is 0 Å². The van der Waals surface area contributed by atoms with Gasteiger partial charge in [0.25, 0.3) is 0 Å². The Bertz CT molecular complexity index is 901. The number of esters is 1. The van der Waals surface area contributed by atoms with Crippen LogP contribution in [0, 0.1) is 23.7 Å². The molecule has 0 N–H and O–H groups in total. The molecule has 1 saturated heterocycles. The highest BCUT2D eigenvalue weighted by Gasteiger charge is 2.59. The van der Waals surface area contributed by atoms with E-state index < -0.39 is 5.97 Å². The Balaban J connectivity index is 1.36. The first-order chi connectivity index (χ1) is 12.6. The van der Waals surface area contributed by atoms with Crippen molar-refractivity contribution in [3.8, 4) is 5.75 Å². The van der Waals surface area contributed by atoms with Crippen LogP contribution in [0.15, 0.2) is 53.9 Å². The molecule has 0 radical (unpaired) electrons. The molecule has 1 aromatic carbocycles. The van der Waals surface area contributed by atoms with Crippen molar-refractivity contribution in [3.63, 3.8) is 0 Å². The zero-order chi connectivity index (χ0) is 17.8. The molecule has 2 heterocycles. The number of benzene rings is 1. The first-order valence-electron chi connectivity index (χ1n) is 8.55. The van der Waals surface area contributed by atoms with Gasteiger partial charge in [-0.1, -0.05) is 18.2 Å². The number of hydrogen-bond acceptors (Lipinski definition) is 5. The van der Waals surface area contributed by atoms with Gasteiger partial charge in [-0.2, -0.15) is 0 Å². The van der Waals surface area contributed by atoms with E-state index in [4.69, 9.17) is 4.74 Å². The summed E-state index contributed by atoms with van der Waals surface area (Å²) in [6.07, 6.45) is 5.07. The molecular weight excluding hydrogens is 350 g/mol. The van der Waals surface area contributed by atoms with Crippen LogP contribution in [0.1, 0.15) is 16.1 Å². The molecule has 5 nitrogen and oxygen atoms in total. The predicted octanol–water partition coefficient (Wildman–Crippen LogP) is 3.28. The molecule has 1 aliphatic heterocycles. The van der Waals surface area contributed by atoms with E-state index in [0.29, 0.717) is 16.3 Å². The Morgan fingerprint density at radius 2 is 1.65 bits per heavy atom. The monoisotopic (exact) mass is 365 g/mol. The topological polar surface area (TPSA) is 63.7 Å². The SMILES string of the molecule is O=C(Oc1ccc(N2C(=O)[C@@H]3[C@@H](C2=O)[C@H]2C=C[C@@H]3C2)cc1)c1cccs1. The van der Waals surface area contributed by atoms with Gasteiger partial charge in [-0.15, -0.1) is 11.3 Å². The number of imide groups is 1. The maximum Gasteiger partial charge on any atom is 0.353 e. The summed E-state index contributed by atoms with van der Waals surface area (Å²) < 4.78 is 5.32. The summed E-state index contributed by atoms with van der Waals surface area (Å²) in [5, 5.41) is 1.81. The van der Waals surface area contributed by atoms with Crippen LogP contribution in [0.4, 0.5) is 5.69 Å². The van der Waals surface area contributed by atoms with E-state index in [-0.39, 0.29) is 35.5 Å². The number of nitrogens with zero attached hydrogens (tertiary/aromatic N) is 1. The average Bonchev–Trinajstić information content (AvgIpc) is 3.41. The number of carbonyl (C=O) groups is 3. The molecule has 1 saturated carbocycles. The van der Waals surface area contributed by atoms with Gasteiger partial charge in [0, 0.05) is 0 Å². The molecule has 2 aliphatic carbocycles. The lowest BCUT2D eigenvalue weighted by Crippen LogP contribution is -2.32. The summed E-state index contributed by atoms with van der Waals surface area (Å²) in [5.74, 6) is -0.301. The molecule has 5 rings (SSSR count). The number of thiophene rings is 1. The van der Waals surface area contributed by atoms with E-state index in [0.717, 1.165) is 6.42 Å². The molecule has 2 amide bonds. The number of allylic oxidation sites excluding steroid dienone is 2. The number of amides is 2. The van der Waals surface area contributed by atoms with Gasteiger partial charge in [-0.05, 0) is 54.0 Å². The zero-order valence-electron chi connectivity index (χ0n) is 13.7. The van der Waals surface area contributed by atoms with Crippen molar-refractivity contribution >= 4 is 34.8 Å². The second-order valence-electron chi connectivity index (χ2n) is 6.87. The third kappa shape index (κ3) is 2.18. The van der Waals surface area contributed by atoms with Crippen molar-refractivity contribution in [2.75, 3.05) is 4.90 Å². The third-order valence-corrected chi connectivity index (χ3v) is 6.35. The lowest BCUT2D eigenvalue weighted by atomic mass is 9.85. The molecule has 2 aromatic rings. The van der Waals surface area contributed by atoms with Crippen LogP contribution in [0.2, 0.25) is 0 Å². The van der Waals surface area contributed by atoms with E-state index in [1.54, 1.807) is 36.4 Å². The van der Waals surface area contributed by atoms with Crippen molar-refractivity contribution in [2.24, 2.45) is 23.7 Å². The molecule has 4 atom stereocenters. The fourth-order valence-corrected chi connectivity index (χ4v) is 4.97. The van der Waals surface area contributed by atoms with Crippen molar-refractivity contribution < 1.29 is 19.1 Å². The predicted molar refractivity (Wildman–Crippen MR) is 95.9 cm³/mol. The number of anilines is 1. The quantitative estimate of drug-likeness (QED) is 0.362. The first kappa shape index (κ1) is 15.5. The van der Waals surface area contributed by atoms with Crippen LogP contribution >= 0.6 is 11.3 Å². The van der Waals surface area contributed by atoms with E-state index in [1.165, 1.54) is 16.2 Å². The second kappa shape index (κ2) is 5.64. The highest BCUT2D eigenvalue weighted by atomic mass is 32.1. The summed E-state index contributed by atoms with van der Waals surface area (Å²) in [6, 6.07) is 10.0. The highest BCUT2D eigenvalue weighted by molar-refractivity contribution is 7.12. The summed E-state index contributed by atoms with van der Waals surface area (Å²) in [6.45, 7) is 0. The summed E-state index contributed by atoms with van der Waals surface area (Å²) in [5.41, 5.74) is 0.532. The van der Waals surface area contributed by atoms with Crippen LogP contribution in [0.3, 0.4) is 0 Å². The molecule has 6 heteroatoms. The first-order valence-corrected chi connectivity index (χ1v) is 9.43. The number of carbonyl (C=O) groups excluding carboxylic acids is 3. The van der Waals surface area contributed by atoms with Gasteiger partial charge < -0.3 is 4.74 Å². The Kier molecular flexibility index (Phi) is 3.37. The summed E-state index contributed by atoms with van der Waals surface area (Å²) in [7, 11) is 0. The fourth-order valence-electron chi connectivity index (χ4n) is 4.37. The van der Waals surface area contributed by atoms with Gasteiger partial charge in [0.2, 0.25) is 11.8 Å². The van der Waals surface area contributed by atoms with E-state index in [2.05, 4.69) is 12.2 Å².